The van der Waals surface area contributed by atoms with Gasteiger partial charge in [-0.15, -0.1) is 0 Å². The first-order valence-corrected chi connectivity index (χ1v) is 8.01. The number of halogens is 3. The summed E-state index contributed by atoms with van der Waals surface area (Å²) in [6.07, 6.45) is -1.30. The van der Waals surface area contributed by atoms with Crippen LogP contribution in [-0.2, 0) is 16.1 Å². The van der Waals surface area contributed by atoms with E-state index in [-0.39, 0.29) is 17.2 Å². The third-order valence-corrected chi connectivity index (χ3v) is 3.70. The highest BCUT2D eigenvalue weighted by Gasteiger charge is 2.28. The minimum atomic E-state index is -1.44. The molecule has 0 heterocycles. The molecule has 2 aromatic carbocycles. The fourth-order valence-electron chi connectivity index (χ4n) is 2.14. The lowest BCUT2D eigenvalue weighted by Gasteiger charge is -2.20. The van der Waals surface area contributed by atoms with Gasteiger partial charge >= 0.3 is 5.97 Å². The van der Waals surface area contributed by atoms with Crippen LogP contribution < -0.4 is 5.32 Å². The van der Waals surface area contributed by atoms with Gasteiger partial charge < -0.3 is 15.2 Å². The minimum absolute atomic E-state index is 0.138. The van der Waals surface area contributed by atoms with Gasteiger partial charge in [0.1, 0.15) is 18.2 Å². The fraction of sp³-hybridized carbons (Fsp3) is 0.222. The van der Waals surface area contributed by atoms with Crippen LogP contribution in [-0.4, -0.2) is 29.1 Å². The maximum Gasteiger partial charge on any atom is 0.331 e. The Balaban J connectivity index is 2.06. The number of aliphatic hydroxyl groups excluding tert-OH is 1. The first-order valence-electron chi connectivity index (χ1n) is 7.63. The van der Waals surface area contributed by atoms with Gasteiger partial charge in [0.05, 0.1) is 11.7 Å². The average Bonchev–Trinajstić information content (AvgIpc) is 2.59. The Morgan fingerprint density at radius 3 is 2.62 bits per heavy atom. The molecule has 5 nitrogen and oxygen atoms in total. The first-order chi connectivity index (χ1) is 12.3. The maximum absolute atomic E-state index is 13.7. The molecule has 1 amide bonds. The summed E-state index contributed by atoms with van der Waals surface area (Å²) >= 11 is 5.73. The van der Waals surface area contributed by atoms with E-state index in [9.17, 15) is 23.5 Å². The van der Waals surface area contributed by atoms with Crippen molar-refractivity contribution in [2.45, 2.75) is 25.7 Å². The average molecular weight is 384 g/mol. The van der Waals surface area contributed by atoms with Crippen molar-refractivity contribution in [3.05, 3.63) is 70.2 Å². The molecule has 138 valence electrons. The van der Waals surface area contributed by atoms with E-state index in [0.29, 0.717) is 5.56 Å². The van der Waals surface area contributed by atoms with Crippen molar-refractivity contribution >= 4 is 23.5 Å². The van der Waals surface area contributed by atoms with Crippen LogP contribution in [0.2, 0.25) is 5.02 Å². The molecule has 8 heteroatoms. The second-order valence-corrected chi connectivity index (χ2v) is 5.99. The van der Waals surface area contributed by atoms with Crippen molar-refractivity contribution in [2.75, 3.05) is 0 Å². The predicted octanol–water partition coefficient (Wildman–Crippen LogP) is 2.84. The van der Waals surface area contributed by atoms with E-state index in [1.165, 1.54) is 31.2 Å². The Kier molecular flexibility index (Phi) is 6.65. The highest BCUT2D eigenvalue weighted by Crippen LogP contribution is 2.15. The number of ether oxygens (including phenoxy) is 1. The lowest BCUT2D eigenvalue weighted by Crippen LogP contribution is -2.48. The third-order valence-electron chi connectivity index (χ3n) is 3.47. The van der Waals surface area contributed by atoms with Gasteiger partial charge in [-0.25, -0.2) is 13.6 Å². The zero-order valence-corrected chi connectivity index (χ0v) is 14.5. The maximum atomic E-state index is 13.7. The Morgan fingerprint density at radius 1 is 1.23 bits per heavy atom. The molecule has 0 aliphatic rings. The Bertz CT molecular complexity index is 814. The Morgan fingerprint density at radius 2 is 1.96 bits per heavy atom. The molecule has 0 unspecified atom stereocenters. The smallest absolute Gasteiger partial charge is 0.331 e. The number of aliphatic hydroxyl groups is 1. The standard InChI is InChI=1S/C18H16ClF2NO4/c1-10(23)16(18(25)26-9-11-3-2-4-13(20)7-11)22-17(24)14-8-12(19)5-6-15(14)21/h2-8,10,16,23H,9H2,1H3,(H,22,24)/t10-,16+/m1/s1. The van der Waals surface area contributed by atoms with Crippen molar-refractivity contribution in [3.8, 4) is 0 Å². The van der Waals surface area contributed by atoms with E-state index >= 15 is 0 Å². The number of carbonyl (C=O) groups excluding carboxylic acids is 2. The molecule has 0 fully saturated rings. The summed E-state index contributed by atoms with van der Waals surface area (Å²) < 4.78 is 31.9. The zero-order valence-electron chi connectivity index (χ0n) is 13.7. The summed E-state index contributed by atoms with van der Waals surface area (Å²) in [6, 6.07) is 7.37. The zero-order chi connectivity index (χ0) is 19.3. The van der Waals surface area contributed by atoms with Gasteiger partial charge in [-0.05, 0) is 42.8 Å². The van der Waals surface area contributed by atoms with Crippen LogP contribution in [0.5, 0.6) is 0 Å². The molecule has 2 atom stereocenters. The molecule has 0 bridgehead atoms. The molecule has 2 N–H and O–H groups in total. The monoisotopic (exact) mass is 383 g/mol. The predicted molar refractivity (Wildman–Crippen MR) is 90.5 cm³/mol. The van der Waals surface area contributed by atoms with Gasteiger partial charge in [-0.3, -0.25) is 4.79 Å². The van der Waals surface area contributed by atoms with E-state index in [1.54, 1.807) is 6.07 Å². The summed E-state index contributed by atoms with van der Waals surface area (Å²) in [4.78, 5) is 24.3. The summed E-state index contributed by atoms with van der Waals surface area (Å²) in [5, 5.41) is 12.1. The first kappa shape index (κ1) is 19.8. The van der Waals surface area contributed by atoms with E-state index in [4.69, 9.17) is 16.3 Å². The molecular weight excluding hydrogens is 368 g/mol. The third kappa shape index (κ3) is 5.24. The molecule has 26 heavy (non-hydrogen) atoms. The highest BCUT2D eigenvalue weighted by molar-refractivity contribution is 6.31. The van der Waals surface area contributed by atoms with E-state index in [2.05, 4.69) is 5.32 Å². The number of nitrogens with one attached hydrogen (secondary N) is 1. The lowest BCUT2D eigenvalue weighted by atomic mass is 10.1. The fourth-order valence-corrected chi connectivity index (χ4v) is 2.31. The molecular formula is C18H16ClF2NO4. The van der Waals surface area contributed by atoms with Gasteiger partial charge in [0.15, 0.2) is 6.04 Å². The van der Waals surface area contributed by atoms with E-state index in [1.807, 2.05) is 0 Å². The number of rotatable bonds is 6. The van der Waals surface area contributed by atoms with E-state index < -0.39 is 35.7 Å². The van der Waals surface area contributed by atoms with Crippen LogP contribution in [0, 0.1) is 11.6 Å². The molecule has 0 radical (unpaired) electrons. The van der Waals surface area contributed by atoms with Crippen LogP contribution in [0.15, 0.2) is 42.5 Å². The molecule has 0 aliphatic heterocycles. The minimum Gasteiger partial charge on any atom is -0.459 e. The van der Waals surface area contributed by atoms with Crippen LogP contribution >= 0.6 is 11.6 Å². The quantitative estimate of drug-likeness (QED) is 0.752. The van der Waals surface area contributed by atoms with Crippen LogP contribution in [0.4, 0.5) is 8.78 Å². The van der Waals surface area contributed by atoms with Crippen LogP contribution in [0.3, 0.4) is 0 Å². The topological polar surface area (TPSA) is 75.6 Å². The summed E-state index contributed by atoms with van der Waals surface area (Å²) in [5.74, 6) is -3.20. The normalized spacial score (nSPS) is 13.0. The van der Waals surface area contributed by atoms with Crippen LogP contribution in [0.25, 0.3) is 0 Å². The number of amides is 1. The number of hydrogen-bond donors (Lipinski definition) is 2. The van der Waals surface area contributed by atoms with Crippen LogP contribution in [0.1, 0.15) is 22.8 Å². The van der Waals surface area contributed by atoms with Gasteiger partial charge in [-0.2, -0.15) is 0 Å². The lowest BCUT2D eigenvalue weighted by molar-refractivity contribution is -0.150. The van der Waals surface area contributed by atoms with Gasteiger partial charge in [-0.1, -0.05) is 23.7 Å². The highest BCUT2D eigenvalue weighted by atomic mass is 35.5. The summed E-state index contributed by atoms with van der Waals surface area (Å²) in [7, 11) is 0. The van der Waals surface area contributed by atoms with Crippen molar-refractivity contribution in [2.24, 2.45) is 0 Å². The van der Waals surface area contributed by atoms with Crippen molar-refractivity contribution in [3.63, 3.8) is 0 Å². The summed E-state index contributed by atoms with van der Waals surface area (Å²) in [6.45, 7) is 1.02. The second kappa shape index (κ2) is 8.73. The Labute approximate surface area is 153 Å². The summed E-state index contributed by atoms with van der Waals surface area (Å²) in [5.41, 5.74) is 0.0241. The van der Waals surface area contributed by atoms with Gasteiger partial charge in [0.25, 0.3) is 5.91 Å². The van der Waals surface area contributed by atoms with Crippen molar-refractivity contribution in [1.82, 2.24) is 5.32 Å². The van der Waals surface area contributed by atoms with Crippen molar-refractivity contribution < 1.29 is 28.2 Å². The van der Waals surface area contributed by atoms with Gasteiger partial charge in [0, 0.05) is 5.02 Å². The molecule has 0 aromatic heterocycles. The second-order valence-electron chi connectivity index (χ2n) is 5.55. The molecule has 0 saturated heterocycles. The number of hydrogen-bond acceptors (Lipinski definition) is 4. The molecule has 0 saturated carbocycles. The molecule has 0 spiro atoms. The van der Waals surface area contributed by atoms with Gasteiger partial charge in [0.2, 0.25) is 0 Å². The molecule has 2 aromatic rings. The Hall–Kier alpha value is -2.51. The number of esters is 1. The van der Waals surface area contributed by atoms with E-state index in [0.717, 1.165) is 12.1 Å². The molecule has 2 rings (SSSR count). The molecule has 0 aliphatic carbocycles. The number of benzene rings is 2. The SMILES string of the molecule is C[C@@H](O)[C@H](NC(=O)c1cc(Cl)ccc1F)C(=O)OCc1cccc(F)c1. The van der Waals surface area contributed by atoms with Crippen molar-refractivity contribution in [1.29, 1.82) is 0 Å². The number of carbonyl (C=O) groups is 2. The largest absolute Gasteiger partial charge is 0.459 e.